The largest absolute Gasteiger partial charge is 0.396 e. The molecule has 24 heavy (non-hydrogen) atoms. The normalized spacial score (nSPS) is 11.5. The van der Waals surface area contributed by atoms with Crippen LogP contribution in [-0.4, -0.2) is 35.2 Å². The first-order valence-corrected chi connectivity index (χ1v) is 7.83. The zero-order valence-electron chi connectivity index (χ0n) is 14.1. The maximum Gasteiger partial charge on any atom is 0.332 e. The van der Waals surface area contributed by atoms with Gasteiger partial charge in [0.05, 0.1) is 12.2 Å². The third-order valence-electron chi connectivity index (χ3n) is 4.25. The second-order valence-corrected chi connectivity index (χ2v) is 5.96. The summed E-state index contributed by atoms with van der Waals surface area (Å²) in [4.78, 5) is 29.4. The van der Waals surface area contributed by atoms with Crippen molar-refractivity contribution in [1.82, 2.24) is 23.5 Å². The van der Waals surface area contributed by atoms with Crippen molar-refractivity contribution in [1.29, 1.82) is 0 Å². The molecule has 3 heterocycles. The van der Waals surface area contributed by atoms with Crippen LogP contribution >= 0.6 is 0 Å². The van der Waals surface area contributed by atoms with Crippen LogP contribution in [0.3, 0.4) is 0 Å². The Morgan fingerprint density at radius 3 is 2.58 bits per heavy atom. The molecule has 0 atom stereocenters. The molecule has 128 valence electrons. The topological polar surface area (TPSA) is 87.0 Å². The fourth-order valence-electron chi connectivity index (χ4n) is 2.91. The quantitative estimate of drug-likeness (QED) is 0.711. The van der Waals surface area contributed by atoms with Crippen molar-refractivity contribution < 1.29 is 5.11 Å². The molecule has 0 saturated carbocycles. The second kappa shape index (κ2) is 6.12. The first-order chi connectivity index (χ1) is 11.5. The van der Waals surface area contributed by atoms with Crippen LogP contribution in [-0.2, 0) is 27.2 Å². The summed E-state index contributed by atoms with van der Waals surface area (Å²) in [6, 6.07) is 3.90. The van der Waals surface area contributed by atoms with Gasteiger partial charge >= 0.3 is 5.69 Å². The molecule has 8 nitrogen and oxygen atoms in total. The van der Waals surface area contributed by atoms with Gasteiger partial charge in [-0.1, -0.05) is 6.07 Å². The molecule has 0 spiro atoms. The maximum absolute atomic E-state index is 12.7. The standard InChI is InChI=1S/C16H21N5O3/c1-11-5-6-12(17-9-11)10-21-13-14(19(21)3)18(2)16(24)20(15(13)23)7-4-8-22/h5-6,9,22H,4,7-8,10H2,1-3H3. The van der Waals surface area contributed by atoms with Gasteiger partial charge in [0.25, 0.3) is 5.56 Å². The van der Waals surface area contributed by atoms with Gasteiger partial charge in [-0.2, -0.15) is 0 Å². The van der Waals surface area contributed by atoms with Crippen molar-refractivity contribution in [3.8, 4) is 0 Å². The smallest absolute Gasteiger partial charge is 0.332 e. The van der Waals surface area contributed by atoms with E-state index in [1.807, 2.05) is 30.8 Å². The van der Waals surface area contributed by atoms with Crippen LogP contribution in [0.2, 0.25) is 0 Å². The molecule has 0 fully saturated rings. The Balaban J connectivity index is 2.11. The molecular formula is C16H21N5O3. The molecule has 3 aromatic heterocycles. The molecule has 0 bridgehead atoms. The number of aromatic nitrogens is 5. The van der Waals surface area contributed by atoms with Crippen LogP contribution in [0.15, 0.2) is 27.9 Å². The van der Waals surface area contributed by atoms with Gasteiger partial charge in [-0.3, -0.25) is 28.3 Å². The van der Waals surface area contributed by atoms with E-state index in [0.717, 1.165) is 11.3 Å². The Labute approximate surface area is 138 Å². The molecule has 0 aliphatic heterocycles. The Morgan fingerprint density at radius 2 is 1.96 bits per heavy atom. The van der Waals surface area contributed by atoms with E-state index in [4.69, 9.17) is 5.11 Å². The summed E-state index contributed by atoms with van der Waals surface area (Å²) in [5.74, 6) is 0. The van der Waals surface area contributed by atoms with Crippen LogP contribution in [0.4, 0.5) is 0 Å². The van der Waals surface area contributed by atoms with Gasteiger partial charge < -0.3 is 5.11 Å². The highest BCUT2D eigenvalue weighted by Crippen LogP contribution is 2.14. The number of aliphatic hydroxyl groups excluding tert-OH is 1. The first-order valence-electron chi connectivity index (χ1n) is 7.83. The lowest BCUT2D eigenvalue weighted by Gasteiger charge is -2.25. The summed E-state index contributed by atoms with van der Waals surface area (Å²) >= 11 is 0. The van der Waals surface area contributed by atoms with E-state index in [1.165, 1.54) is 9.13 Å². The van der Waals surface area contributed by atoms with E-state index in [0.29, 0.717) is 24.1 Å². The Morgan fingerprint density at radius 1 is 1.21 bits per heavy atom. The van der Waals surface area contributed by atoms with Crippen molar-refractivity contribution in [2.24, 2.45) is 14.1 Å². The predicted molar refractivity (Wildman–Crippen MR) is 90.2 cm³/mol. The van der Waals surface area contributed by atoms with Gasteiger partial charge in [0.2, 0.25) is 0 Å². The molecule has 3 aromatic rings. The minimum Gasteiger partial charge on any atom is -0.396 e. The molecule has 0 aromatic carbocycles. The van der Waals surface area contributed by atoms with Crippen LogP contribution in [0.1, 0.15) is 17.7 Å². The molecule has 0 aliphatic rings. The minimum atomic E-state index is -0.368. The first kappa shape index (κ1) is 16.3. The zero-order valence-corrected chi connectivity index (χ0v) is 14.1. The van der Waals surface area contributed by atoms with Crippen molar-refractivity contribution in [3.63, 3.8) is 0 Å². The van der Waals surface area contributed by atoms with Crippen LogP contribution < -0.4 is 11.2 Å². The van der Waals surface area contributed by atoms with Crippen LogP contribution in [0.5, 0.6) is 0 Å². The summed E-state index contributed by atoms with van der Waals surface area (Å²) in [5.41, 5.74) is 2.30. The molecule has 0 saturated heterocycles. The van der Waals surface area contributed by atoms with Gasteiger partial charge in [0.15, 0.2) is 11.2 Å². The van der Waals surface area contributed by atoms with E-state index < -0.39 is 0 Å². The fourth-order valence-corrected chi connectivity index (χ4v) is 2.91. The maximum atomic E-state index is 12.7. The van der Waals surface area contributed by atoms with Gasteiger partial charge in [-0.15, -0.1) is 0 Å². The highest BCUT2D eigenvalue weighted by Gasteiger charge is 2.21. The molecule has 0 amide bonds. The molecule has 3 rings (SSSR count). The minimum absolute atomic E-state index is 0.0659. The SMILES string of the molecule is Cc1ccc(Cn2c3c(=O)n(CCCO)c(=O)n(C)c3n2C)nc1. The summed E-state index contributed by atoms with van der Waals surface area (Å²) in [5, 5.41) is 8.98. The Kier molecular flexibility index (Phi) is 4.15. The lowest BCUT2D eigenvalue weighted by Crippen LogP contribution is -2.44. The zero-order chi connectivity index (χ0) is 17.4. The van der Waals surface area contributed by atoms with Crippen molar-refractivity contribution >= 4 is 11.2 Å². The number of aryl methyl sites for hydroxylation is 3. The number of nitrogens with zero attached hydrogens (tertiary/aromatic N) is 5. The van der Waals surface area contributed by atoms with Crippen molar-refractivity contribution in [2.75, 3.05) is 6.61 Å². The highest BCUT2D eigenvalue weighted by atomic mass is 16.3. The van der Waals surface area contributed by atoms with Crippen molar-refractivity contribution in [3.05, 3.63) is 50.4 Å². The average molecular weight is 331 g/mol. The summed E-state index contributed by atoms with van der Waals surface area (Å²) < 4.78 is 6.24. The molecule has 1 N–H and O–H groups in total. The molecule has 0 aliphatic carbocycles. The Hall–Kier alpha value is -2.61. The highest BCUT2D eigenvalue weighted by molar-refractivity contribution is 5.73. The van der Waals surface area contributed by atoms with Crippen molar-refractivity contribution in [2.45, 2.75) is 26.4 Å². The van der Waals surface area contributed by atoms with E-state index in [1.54, 1.807) is 17.9 Å². The van der Waals surface area contributed by atoms with Gasteiger partial charge in [0, 0.05) is 33.4 Å². The average Bonchev–Trinajstić information content (AvgIpc) is 2.57. The fraction of sp³-hybridized carbons (Fsp3) is 0.438. The second-order valence-electron chi connectivity index (χ2n) is 5.96. The number of hydrogen-bond acceptors (Lipinski definition) is 4. The number of rotatable bonds is 5. The number of fused-ring (bicyclic) bond motifs is 1. The third-order valence-corrected chi connectivity index (χ3v) is 4.25. The van der Waals surface area contributed by atoms with E-state index in [-0.39, 0.29) is 24.4 Å². The summed E-state index contributed by atoms with van der Waals surface area (Å²) in [6.07, 6.45) is 2.15. The molecule has 0 unspecified atom stereocenters. The lowest BCUT2D eigenvalue weighted by molar-refractivity contribution is 0.277. The lowest BCUT2D eigenvalue weighted by atomic mass is 10.2. The third kappa shape index (κ3) is 2.48. The summed E-state index contributed by atoms with van der Waals surface area (Å²) in [6.45, 7) is 2.56. The van der Waals surface area contributed by atoms with E-state index in [9.17, 15) is 9.59 Å². The monoisotopic (exact) mass is 331 g/mol. The molecular weight excluding hydrogens is 310 g/mol. The molecule has 8 heteroatoms. The number of aliphatic hydroxyl groups is 1. The molecule has 0 radical (unpaired) electrons. The van der Waals surface area contributed by atoms with Gasteiger partial charge in [-0.25, -0.2) is 4.79 Å². The van der Waals surface area contributed by atoms with Gasteiger partial charge in [0.1, 0.15) is 0 Å². The number of pyridine rings is 1. The van der Waals surface area contributed by atoms with E-state index in [2.05, 4.69) is 4.98 Å². The Bertz CT molecular complexity index is 988. The van der Waals surface area contributed by atoms with Gasteiger partial charge in [-0.05, 0) is 25.0 Å². The van der Waals surface area contributed by atoms with E-state index >= 15 is 0 Å². The number of hydrogen-bond donors (Lipinski definition) is 1. The summed E-state index contributed by atoms with van der Waals surface area (Å²) in [7, 11) is 3.46. The van der Waals surface area contributed by atoms with Crippen LogP contribution in [0.25, 0.3) is 11.2 Å². The van der Waals surface area contributed by atoms with Crippen LogP contribution in [0, 0.1) is 6.92 Å². The predicted octanol–water partition coefficient (Wildman–Crippen LogP) is -0.0257.